The first kappa shape index (κ1) is 50.5. The number of nitrogens with one attached hydrogen (secondary N) is 3. The van der Waals surface area contributed by atoms with Gasteiger partial charge in [-0.3, -0.25) is 14.4 Å². The Morgan fingerprint density at radius 3 is 2.22 bits per heavy atom. The van der Waals surface area contributed by atoms with Crippen LogP contribution in [0.5, 0.6) is 0 Å². The Morgan fingerprint density at radius 1 is 0.921 bits per heavy atom. The third kappa shape index (κ3) is 13.5. The summed E-state index contributed by atoms with van der Waals surface area (Å²) >= 11 is 0. The molecule has 0 aromatic heterocycles. The van der Waals surface area contributed by atoms with E-state index in [-0.39, 0.29) is 35.1 Å². The molecule has 2 amide bonds. The van der Waals surface area contributed by atoms with Gasteiger partial charge in [0.05, 0.1) is 23.6 Å². The molecule has 3 fully saturated rings. The predicted octanol–water partition coefficient (Wildman–Crippen LogP) is 8.33. The van der Waals surface area contributed by atoms with Gasteiger partial charge < -0.3 is 40.9 Å². The molecule has 5 rings (SSSR count). The number of unbranched alkanes of at least 4 members (excludes halogenated alkanes) is 1. The first-order valence-corrected chi connectivity index (χ1v) is 24.3. The molecule has 5 aliphatic rings. The van der Waals surface area contributed by atoms with Gasteiger partial charge in [0.1, 0.15) is 6.10 Å². The maximum absolute atomic E-state index is 14.3. The third-order valence-corrected chi connectivity index (χ3v) is 15.0. The Morgan fingerprint density at radius 2 is 1.57 bits per heavy atom. The van der Waals surface area contributed by atoms with Gasteiger partial charge in [-0.15, -0.1) is 0 Å². The van der Waals surface area contributed by atoms with E-state index >= 15 is 0 Å². The molecule has 13 heteroatoms. The van der Waals surface area contributed by atoms with Crippen molar-refractivity contribution in [2.45, 2.75) is 185 Å². The van der Waals surface area contributed by atoms with Crippen LogP contribution in [-0.4, -0.2) is 87.2 Å². The van der Waals surface area contributed by atoms with Crippen LogP contribution in [0.1, 0.15) is 150 Å². The number of carbonyl (C=O) groups excluding carboxylic acids is 4. The van der Waals surface area contributed by atoms with Gasteiger partial charge in [-0.25, -0.2) is 4.79 Å². The first-order valence-electron chi connectivity index (χ1n) is 24.3. The standard InChI is InChI=1S/C50H79BN4O8/c1-33-29-39-44(53-27-16-17-28-54-51(38-22-12-8-13-23-38)50(25-14-9-15-26-50)37-20-10-7-11-21-37)41(56)32-40(46(39)58)55-48(59)34(2)19-18-24-42(61-5)47(63-49(52)60)36(4)31-35(3)45(57)43(30-33)62-6/h18-19,24,31-33,35,37-38,42-43,45,47,53-54,57H,7-17,20-23,25-30H2,1-6H3,(H2,52,60)(H,55,59)/b24-18-,34-19+,36-31+/t33-,35+,42+,43+,45-,47+/m1/s1. The van der Waals surface area contributed by atoms with Gasteiger partial charge in [0, 0.05) is 43.9 Å². The number of primary amides is 1. The lowest BCUT2D eigenvalue weighted by atomic mass is 9.27. The molecule has 12 nitrogen and oxygen atoms in total. The summed E-state index contributed by atoms with van der Waals surface area (Å²) in [5, 5.41) is 22.3. The van der Waals surface area contributed by atoms with Gasteiger partial charge in [0.2, 0.25) is 18.4 Å². The SMILES string of the molecule is CO[C@H]1/C=C\C=C(/C)C(=O)NC2=CC(=O)C(NCCCCNB(C3CCCCC3)C3(C4CCCCC4)CCCCC3)=C(C[C@@H](C)C[C@H](OC)[C@H](O)[C@@H](C)/C=C(\C)[C@@H]1OC(N)=O)C2=O. The quantitative estimate of drug-likeness (QED) is 0.0523. The van der Waals surface area contributed by atoms with E-state index in [9.17, 15) is 24.3 Å². The molecule has 0 spiro atoms. The number of hydrogen-bond acceptors (Lipinski definition) is 10. The largest absolute Gasteiger partial charge is 0.439 e. The maximum Gasteiger partial charge on any atom is 0.405 e. The van der Waals surface area contributed by atoms with E-state index in [1.54, 1.807) is 38.2 Å². The second-order valence-electron chi connectivity index (χ2n) is 19.5. The Hall–Kier alpha value is -3.52. The number of ketones is 2. The number of allylic oxidation sites excluding steroid dienone is 4. The normalized spacial score (nSPS) is 30.9. The molecule has 3 saturated carbocycles. The van der Waals surface area contributed by atoms with E-state index in [4.69, 9.17) is 19.9 Å². The first-order chi connectivity index (χ1) is 30.3. The summed E-state index contributed by atoms with van der Waals surface area (Å²) in [6.07, 6.45) is 26.4. The number of methoxy groups -OCH3 is 2. The molecule has 6 N–H and O–H groups in total. The second kappa shape index (κ2) is 24.7. The topological polar surface area (TPSA) is 178 Å². The van der Waals surface area contributed by atoms with Crippen LogP contribution in [0.3, 0.4) is 0 Å². The van der Waals surface area contributed by atoms with E-state index in [0.29, 0.717) is 36.3 Å². The number of Topliss-reactive ketones (excluding diaryl/α,β-unsaturated/α-hetero) is 1. The zero-order valence-corrected chi connectivity index (χ0v) is 39.3. The molecule has 0 aromatic carbocycles. The number of ether oxygens (including phenoxy) is 3. The highest BCUT2D eigenvalue weighted by molar-refractivity contribution is 6.61. The highest BCUT2D eigenvalue weighted by Crippen LogP contribution is 2.58. The second-order valence-corrected chi connectivity index (χ2v) is 19.5. The van der Waals surface area contributed by atoms with Crippen LogP contribution >= 0.6 is 0 Å². The number of aliphatic hydroxyl groups excluding tert-OH is 1. The number of hydrogen-bond donors (Lipinski definition) is 5. The summed E-state index contributed by atoms with van der Waals surface area (Å²) in [6.45, 7) is 9.21. The average Bonchev–Trinajstić information content (AvgIpc) is 3.28. The number of nitrogens with two attached hydrogens (primary N) is 1. The van der Waals surface area contributed by atoms with Gasteiger partial charge in [0.25, 0.3) is 5.91 Å². The highest BCUT2D eigenvalue weighted by Gasteiger charge is 2.50. The molecular formula is C50H79BN4O8. The van der Waals surface area contributed by atoms with E-state index in [2.05, 4.69) is 15.9 Å². The van der Waals surface area contributed by atoms with Crippen molar-refractivity contribution in [3.05, 3.63) is 58.5 Å². The smallest absolute Gasteiger partial charge is 0.405 e. The van der Waals surface area contributed by atoms with Crippen LogP contribution in [-0.2, 0) is 28.6 Å². The average molecular weight is 875 g/mol. The van der Waals surface area contributed by atoms with E-state index in [0.717, 1.165) is 31.1 Å². The van der Waals surface area contributed by atoms with Crippen LogP contribution in [0.4, 0.5) is 4.79 Å². The Labute approximate surface area is 378 Å². The monoisotopic (exact) mass is 875 g/mol. The fraction of sp³-hybridized carbons (Fsp3) is 0.720. The van der Waals surface area contributed by atoms with Gasteiger partial charge in [-0.1, -0.05) is 134 Å². The van der Waals surface area contributed by atoms with E-state index < -0.39 is 48.1 Å². The molecule has 0 aromatic rings. The highest BCUT2D eigenvalue weighted by atomic mass is 16.6. The fourth-order valence-corrected chi connectivity index (χ4v) is 11.7. The molecule has 6 atom stereocenters. The van der Waals surface area contributed by atoms with Crippen molar-refractivity contribution in [3.8, 4) is 0 Å². The number of rotatable bonds is 13. The number of aliphatic hydroxyl groups is 1. The van der Waals surface area contributed by atoms with Gasteiger partial charge in [-0.05, 0) is 74.6 Å². The minimum Gasteiger partial charge on any atom is -0.439 e. The van der Waals surface area contributed by atoms with Crippen molar-refractivity contribution in [1.29, 1.82) is 0 Å². The van der Waals surface area contributed by atoms with Gasteiger partial charge in [0.15, 0.2) is 6.10 Å². The summed E-state index contributed by atoms with van der Waals surface area (Å²) in [7, 11) is 2.99. The zero-order valence-electron chi connectivity index (χ0n) is 39.3. The molecule has 2 bridgehead atoms. The third-order valence-electron chi connectivity index (χ3n) is 15.0. The van der Waals surface area contributed by atoms with Crippen molar-refractivity contribution in [2.24, 2.45) is 23.5 Å². The number of fused-ring (bicyclic) bond motifs is 2. The summed E-state index contributed by atoms with van der Waals surface area (Å²) in [5.74, 6) is -0.376. The van der Waals surface area contributed by atoms with Crippen LogP contribution in [0.15, 0.2) is 58.5 Å². The van der Waals surface area contributed by atoms with Crippen LogP contribution in [0.2, 0.25) is 11.1 Å². The molecule has 0 unspecified atom stereocenters. The molecule has 4 aliphatic carbocycles. The lowest BCUT2D eigenvalue weighted by Crippen LogP contribution is -2.53. The molecule has 1 aliphatic heterocycles. The maximum atomic E-state index is 14.3. The zero-order chi connectivity index (χ0) is 45.5. The molecule has 1 heterocycles. The molecule has 63 heavy (non-hydrogen) atoms. The summed E-state index contributed by atoms with van der Waals surface area (Å²) < 4.78 is 16.9. The molecular weight excluding hydrogens is 795 g/mol. The van der Waals surface area contributed by atoms with E-state index in [1.807, 2.05) is 13.8 Å². The summed E-state index contributed by atoms with van der Waals surface area (Å²) in [6, 6.07) is 0. The lowest BCUT2D eigenvalue weighted by Gasteiger charge is -2.52. The Balaban J connectivity index is 1.33. The minimum absolute atomic E-state index is 0.0820. The van der Waals surface area contributed by atoms with Crippen molar-refractivity contribution in [2.75, 3.05) is 27.3 Å². The predicted molar refractivity (Wildman–Crippen MR) is 250 cm³/mol. The van der Waals surface area contributed by atoms with Crippen LogP contribution in [0.25, 0.3) is 0 Å². The minimum atomic E-state index is -0.987. The molecule has 0 radical (unpaired) electrons. The Kier molecular flexibility index (Phi) is 19.8. The number of amides is 2. The lowest BCUT2D eigenvalue weighted by molar-refractivity contribution is -0.120. The number of carbonyl (C=O) groups is 4. The molecule has 350 valence electrons. The van der Waals surface area contributed by atoms with Crippen molar-refractivity contribution < 1.29 is 38.5 Å². The summed E-state index contributed by atoms with van der Waals surface area (Å²) in [4.78, 5) is 53.5. The van der Waals surface area contributed by atoms with Crippen LogP contribution in [0, 0.1) is 17.8 Å². The van der Waals surface area contributed by atoms with Gasteiger partial charge >= 0.3 is 6.09 Å². The molecule has 0 saturated heterocycles. The fourth-order valence-electron chi connectivity index (χ4n) is 11.7. The van der Waals surface area contributed by atoms with Crippen molar-refractivity contribution >= 4 is 30.4 Å². The Bertz CT molecular complexity index is 1720. The van der Waals surface area contributed by atoms with Crippen molar-refractivity contribution in [3.63, 3.8) is 0 Å². The van der Waals surface area contributed by atoms with E-state index in [1.165, 1.54) is 117 Å². The van der Waals surface area contributed by atoms with Gasteiger partial charge in [-0.2, -0.15) is 0 Å². The van der Waals surface area contributed by atoms with Crippen LogP contribution < -0.4 is 21.6 Å². The summed E-state index contributed by atoms with van der Waals surface area (Å²) in [5.41, 5.74) is 6.82. The van der Waals surface area contributed by atoms with Crippen molar-refractivity contribution in [1.82, 2.24) is 15.9 Å².